The molecule has 104 valence electrons. The summed E-state index contributed by atoms with van der Waals surface area (Å²) in [5, 5.41) is 1.48. The van der Waals surface area contributed by atoms with Crippen LogP contribution in [0.4, 0.5) is 0 Å². The molecule has 1 aromatic heterocycles. The first-order chi connectivity index (χ1) is 10.1. The predicted octanol–water partition coefficient (Wildman–Crippen LogP) is 4.31. The number of nitrogens with two attached hydrogens (primary N) is 1. The van der Waals surface area contributed by atoms with E-state index in [1.807, 2.05) is 30.3 Å². The molecule has 3 aromatic rings. The number of hydrogen-bond donors (Lipinski definition) is 1. The summed E-state index contributed by atoms with van der Waals surface area (Å²) in [6, 6.07) is 14.9. The number of nitrogens with zero attached hydrogens (tertiary/aromatic N) is 1. The van der Waals surface area contributed by atoms with Crippen LogP contribution in [0.15, 0.2) is 54.7 Å². The molecule has 21 heavy (non-hydrogen) atoms. The summed E-state index contributed by atoms with van der Waals surface area (Å²) in [6.45, 7) is 0. The molecule has 0 saturated heterocycles. The Balaban J connectivity index is 1.99. The Morgan fingerprint density at radius 1 is 1.14 bits per heavy atom. The molecule has 2 N–H and O–H groups in total. The predicted molar refractivity (Wildman–Crippen MR) is 89.2 cm³/mol. The van der Waals surface area contributed by atoms with E-state index >= 15 is 0 Å². The van der Waals surface area contributed by atoms with Crippen LogP contribution in [0.1, 0.15) is 5.56 Å². The number of fused-ring (bicyclic) bond motifs is 1. The van der Waals surface area contributed by atoms with Gasteiger partial charge in [0.15, 0.2) is 5.75 Å². The number of ether oxygens (including phenoxy) is 1. The van der Waals surface area contributed by atoms with Crippen LogP contribution in [0.3, 0.4) is 0 Å². The molecule has 0 unspecified atom stereocenters. The molecule has 0 aliphatic heterocycles. The van der Waals surface area contributed by atoms with Crippen molar-refractivity contribution in [2.75, 3.05) is 0 Å². The highest BCUT2D eigenvalue weighted by Crippen LogP contribution is 2.30. The number of hydrogen-bond acceptors (Lipinski definition) is 3. The highest BCUT2D eigenvalue weighted by molar-refractivity contribution is 7.80. The summed E-state index contributed by atoms with van der Waals surface area (Å²) in [7, 11) is 0. The first-order valence-electron chi connectivity index (χ1n) is 6.26. The molecule has 3 rings (SSSR count). The average molecular weight is 315 g/mol. The Hall–Kier alpha value is -2.17. The third-order valence-electron chi connectivity index (χ3n) is 3.03. The van der Waals surface area contributed by atoms with Gasteiger partial charge in [-0.2, -0.15) is 0 Å². The van der Waals surface area contributed by atoms with Crippen molar-refractivity contribution in [1.29, 1.82) is 0 Å². The van der Waals surface area contributed by atoms with Crippen LogP contribution in [0, 0.1) is 0 Å². The fourth-order valence-electron chi connectivity index (χ4n) is 2.04. The van der Waals surface area contributed by atoms with Gasteiger partial charge in [0.25, 0.3) is 0 Å². The molecule has 0 atom stereocenters. The van der Waals surface area contributed by atoms with E-state index in [0.717, 1.165) is 10.9 Å². The Morgan fingerprint density at radius 2 is 1.95 bits per heavy atom. The second-order valence-corrected chi connectivity index (χ2v) is 5.29. The molecule has 0 spiro atoms. The summed E-state index contributed by atoms with van der Waals surface area (Å²) < 4.78 is 5.88. The van der Waals surface area contributed by atoms with Gasteiger partial charge in [0, 0.05) is 23.2 Å². The van der Waals surface area contributed by atoms with Gasteiger partial charge in [-0.15, -0.1) is 0 Å². The van der Waals surface area contributed by atoms with Gasteiger partial charge in [0.2, 0.25) is 0 Å². The van der Waals surface area contributed by atoms with E-state index in [1.54, 1.807) is 24.4 Å². The number of thiocarbonyl (C=S) groups is 1. The van der Waals surface area contributed by atoms with Crippen molar-refractivity contribution in [2.45, 2.75) is 0 Å². The van der Waals surface area contributed by atoms with Gasteiger partial charge in [-0.3, -0.25) is 4.98 Å². The Morgan fingerprint density at radius 3 is 2.71 bits per heavy atom. The van der Waals surface area contributed by atoms with Gasteiger partial charge in [-0.1, -0.05) is 42.0 Å². The topological polar surface area (TPSA) is 48.1 Å². The normalized spacial score (nSPS) is 10.5. The molecule has 0 aliphatic carbocycles. The van der Waals surface area contributed by atoms with Gasteiger partial charge in [-0.05, 0) is 24.3 Å². The minimum atomic E-state index is 0.262. The monoisotopic (exact) mass is 314 g/mol. The van der Waals surface area contributed by atoms with Gasteiger partial charge in [0.1, 0.15) is 16.3 Å². The van der Waals surface area contributed by atoms with Crippen LogP contribution in [-0.2, 0) is 0 Å². The molecule has 1 heterocycles. The third-order valence-corrected chi connectivity index (χ3v) is 3.56. The van der Waals surface area contributed by atoms with Crippen molar-refractivity contribution >= 4 is 39.7 Å². The lowest BCUT2D eigenvalue weighted by Gasteiger charge is -2.10. The van der Waals surface area contributed by atoms with Crippen molar-refractivity contribution in [3.8, 4) is 11.5 Å². The minimum absolute atomic E-state index is 0.262. The fourth-order valence-corrected chi connectivity index (χ4v) is 2.55. The quantitative estimate of drug-likeness (QED) is 0.732. The summed E-state index contributed by atoms with van der Waals surface area (Å²) in [5.41, 5.74) is 7.02. The molecule has 0 saturated carbocycles. The maximum Gasteiger partial charge on any atom is 0.153 e. The molecule has 0 fully saturated rings. The number of halogens is 1. The first kappa shape index (κ1) is 13.8. The third kappa shape index (κ3) is 2.82. The van der Waals surface area contributed by atoms with Crippen molar-refractivity contribution in [1.82, 2.24) is 4.98 Å². The maximum absolute atomic E-state index is 6.15. The number of benzene rings is 2. The Bertz CT molecular complexity index is 830. The highest BCUT2D eigenvalue weighted by atomic mass is 35.5. The average Bonchev–Trinajstić information content (AvgIpc) is 2.47. The molecule has 5 heteroatoms. The lowest BCUT2D eigenvalue weighted by Crippen LogP contribution is -2.09. The molecule has 0 amide bonds. The van der Waals surface area contributed by atoms with Gasteiger partial charge >= 0.3 is 0 Å². The smallest absolute Gasteiger partial charge is 0.153 e. The van der Waals surface area contributed by atoms with Gasteiger partial charge < -0.3 is 10.5 Å². The van der Waals surface area contributed by atoms with Crippen molar-refractivity contribution < 1.29 is 4.74 Å². The highest BCUT2D eigenvalue weighted by Gasteiger charge is 2.08. The van der Waals surface area contributed by atoms with E-state index in [-0.39, 0.29) is 4.99 Å². The number of pyridine rings is 1. The van der Waals surface area contributed by atoms with E-state index in [4.69, 9.17) is 34.3 Å². The lowest BCUT2D eigenvalue weighted by atomic mass is 10.2. The Kier molecular flexibility index (Phi) is 3.73. The number of rotatable bonds is 3. The van der Waals surface area contributed by atoms with Crippen molar-refractivity contribution in [3.05, 3.63) is 65.3 Å². The van der Waals surface area contributed by atoms with Gasteiger partial charge in [0.05, 0.1) is 5.02 Å². The minimum Gasteiger partial charge on any atom is -0.455 e. The molecule has 0 bridgehead atoms. The van der Waals surface area contributed by atoms with Crippen LogP contribution in [0.25, 0.3) is 10.9 Å². The van der Waals surface area contributed by atoms with Crippen LogP contribution in [-0.4, -0.2) is 9.97 Å². The van der Waals surface area contributed by atoms with E-state index in [2.05, 4.69) is 4.98 Å². The maximum atomic E-state index is 6.15. The van der Waals surface area contributed by atoms with Crippen molar-refractivity contribution in [2.24, 2.45) is 5.73 Å². The summed E-state index contributed by atoms with van der Waals surface area (Å²) in [5.74, 6) is 1.28. The van der Waals surface area contributed by atoms with E-state index in [9.17, 15) is 0 Å². The van der Waals surface area contributed by atoms with Crippen LogP contribution < -0.4 is 10.5 Å². The molecular formula is C16H11ClN2OS. The number of para-hydroxylation sites is 1. The SMILES string of the molecule is NC(=S)c1ccc(Oc2cccc3cccnc23)cc1Cl. The van der Waals surface area contributed by atoms with Crippen molar-refractivity contribution in [3.63, 3.8) is 0 Å². The zero-order chi connectivity index (χ0) is 14.8. The summed E-state index contributed by atoms with van der Waals surface area (Å²) >= 11 is 11.1. The Labute approximate surface area is 132 Å². The first-order valence-corrected chi connectivity index (χ1v) is 7.05. The summed E-state index contributed by atoms with van der Waals surface area (Å²) in [4.78, 5) is 4.61. The lowest BCUT2D eigenvalue weighted by molar-refractivity contribution is 0.487. The zero-order valence-corrected chi connectivity index (χ0v) is 12.5. The molecule has 0 radical (unpaired) electrons. The molecule has 0 aliphatic rings. The summed E-state index contributed by atoms with van der Waals surface area (Å²) in [6.07, 6.45) is 1.73. The number of aromatic nitrogens is 1. The van der Waals surface area contributed by atoms with Crippen LogP contribution >= 0.6 is 23.8 Å². The standard InChI is InChI=1S/C16H11ClN2OS/c17-13-9-11(6-7-12(13)16(18)21)20-14-5-1-3-10-4-2-8-19-15(10)14/h1-9H,(H2,18,21). The molecular weight excluding hydrogens is 304 g/mol. The molecule has 3 nitrogen and oxygen atoms in total. The second kappa shape index (κ2) is 5.68. The van der Waals surface area contributed by atoms with Crippen LogP contribution in [0.5, 0.6) is 11.5 Å². The second-order valence-electron chi connectivity index (χ2n) is 4.44. The fraction of sp³-hybridized carbons (Fsp3) is 0. The van der Waals surface area contributed by atoms with Crippen LogP contribution in [0.2, 0.25) is 5.02 Å². The van der Waals surface area contributed by atoms with Gasteiger partial charge in [-0.25, -0.2) is 0 Å². The largest absolute Gasteiger partial charge is 0.455 e. The van der Waals surface area contributed by atoms with E-state index in [1.165, 1.54) is 0 Å². The van der Waals surface area contributed by atoms with E-state index < -0.39 is 0 Å². The molecule has 2 aromatic carbocycles. The van der Waals surface area contributed by atoms with E-state index in [0.29, 0.717) is 22.1 Å². The zero-order valence-electron chi connectivity index (χ0n) is 10.9.